The summed E-state index contributed by atoms with van der Waals surface area (Å²) in [4.78, 5) is 12.7. The van der Waals surface area contributed by atoms with Gasteiger partial charge < -0.3 is 29.9 Å². The lowest BCUT2D eigenvalue weighted by Gasteiger charge is -2.70. The fourth-order valence-corrected chi connectivity index (χ4v) is 6.69. The molecule has 4 N–H and O–H groups in total. The van der Waals surface area contributed by atoms with Gasteiger partial charge in [-0.25, -0.2) is 0 Å². The summed E-state index contributed by atoms with van der Waals surface area (Å²) in [5, 5.41) is 39.8. The minimum absolute atomic E-state index is 0.0117. The lowest BCUT2D eigenvalue weighted by Crippen LogP contribution is -2.69. The van der Waals surface area contributed by atoms with Gasteiger partial charge in [-0.15, -0.1) is 0 Å². The van der Waals surface area contributed by atoms with E-state index < -0.39 is 42.9 Å². The van der Waals surface area contributed by atoms with Crippen molar-refractivity contribution in [2.24, 2.45) is 29.1 Å². The molecule has 1 saturated heterocycles. The largest absolute Gasteiger partial charge is 0.394 e. The van der Waals surface area contributed by atoms with E-state index in [1.54, 1.807) is 6.08 Å². The maximum absolute atomic E-state index is 12.7. The molecule has 6 aliphatic rings. The van der Waals surface area contributed by atoms with E-state index in [1.165, 1.54) is 0 Å². The molecule has 28 heavy (non-hydrogen) atoms. The number of hydrogen-bond acceptors (Lipinski definition) is 7. The monoisotopic (exact) mass is 396 g/mol. The van der Waals surface area contributed by atoms with Crippen LogP contribution in [0.2, 0.25) is 0 Å². The molecule has 7 heteroatoms. The van der Waals surface area contributed by atoms with Gasteiger partial charge in [-0.05, 0) is 62.9 Å². The molecule has 10 atom stereocenters. The molecule has 158 valence electrons. The lowest BCUT2D eigenvalue weighted by molar-refractivity contribution is -0.338. The van der Waals surface area contributed by atoms with Crippen LogP contribution in [-0.2, 0) is 14.3 Å². The van der Waals surface area contributed by atoms with Crippen molar-refractivity contribution >= 4 is 5.78 Å². The molecule has 0 aromatic heterocycles. The van der Waals surface area contributed by atoms with Crippen LogP contribution in [0.1, 0.15) is 40.5 Å². The Kier molecular flexibility index (Phi) is 4.81. The van der Waals surface area contributed by atoms with Gasteiger partial charge in [0, 0.05) is 5.92 Å². The fourth-order valence-electron chi connectivity index (χ4n) is 6.69. The first-order valence-electron chi connectivity index (χ1n) is 10.2. The summed E-state index contributed by atoms with van der Waals surface area (Å²) in [6, 6.07) is 0. The van der Waals surface area contributed by atoms with Crippen molar-refractivity contribution < 1.29 is 34.7 Å². The van der Waals surface area contributed by atoms with Crippen LogP contribution in [-0.4, -0.2) is 69.1 Å². The van der Waals surface area contributed by atoms with E-state index in [1.807, 2.05) is 20.8 Å². The van der Waals surface area contributed by atoms with Crippen molar-refractivity contribution in [3.63, 3.8) is 0 Å². The summed E-state index contributed by atoms with van der Waals surface area (Å²) in [5.41, 5.74) is 0.471. The van der Waals surface area contributed by atoms with Crippen molar-refractivity contribution in [1.82, 2.24) is 0 Å². The highest BCUT2D eigenvalue weighted by Crippen LogP contribution is 2.71. The topological polar surface area (TPSA) is 116 Å². The zero-order valence-electron chi connectivity index (χ0n) is 16.9. The highest BCUT2D eigenvalue weighted by molar-refractivity contribution is 5.96. The number of ether oxygens (including phenoxy) is 2. The summed E-state index contributed by atoms with van der Waals surface area (Å²) in [5.74, 6) is 0.894. The SMILES string of the molecule is CC1=CC(=O)[C@@H]2C3[C@H](C(C)(C)O[C@H]4O[C@@H](CO)[C@H](O)[C@@H](O)[C@@H]4O)CC[C@]2(C)[C@@H]13. The quantitative estimate of drug-likeness (QED) is 0.543. The summed E-state index contributed by atoms with van der Waals surface area (Å²) < 4.78 is 11.7. The fraction of sp³-hybridized carbons (Fsp3) is 0.857. The molecule has 0 radical (unpaired) electrons. The second-order valence-electron chi connectivity index (χ2n) is 9.89. The molecular weight excluding hydrogens is 364 g/mol. The highest BCUT2D eigenvalue weighted by Gasteiger charge is 2.70. The van der Waals surface area contributed by atoms with Gasteiger partial charge in [-0.3, -0.25) is 4.79 Å². The van der Waals surface area contributed by atoms with Gasteiger partial charge in [0.05, 0.1) is 12.2 Å². The molecule has 7 nitrogen and oxygen atoms in total. The van der Waals surface area contributed by atoms with Gasteiger partial charge in [0.15, 0.2) is 12.1 Å². The van der Waals surface area contributed by atoms with E-state index in [0.29, 0.717) is 5.92 Å². The van der Waals surface area contributed by atoms with Crippen molar-refractivity contribution in [2.45, 2.75) is 76.8 Å². The smallest absolute Gasteiger partial charge is 0.187 e. The summed E-state index contributed by atoms with van der Waals surface area (Å²) in [6.07, 6.45) is -2.79. The van der Waals surface area contributed by atoms with Crippen LogP contribution in [0, 0.1) is 29.1 Å². The van der Waals surface area contributed by atoms with E-state index in [-0.39, 0.29) is 29.0 Å². The second kappa shape index (κ2) is 6.59. The third-order valence-electron chi connectivity index (χ3n) is 7.98. The van der Waals surface area contributed by atoms with E-state index in [2.05, 4.69) is 6.92 Å². The summed E-state index contributed by atoms with van der Waals surface area (Å²) >= 11 is 0. The zero-order chi connectivity index (χ0) is 20.6. The Balaban J connectivity index is 1.55. The van der Waals surface area contributed by atoms with Crippen LogP contribution < -0.4 is 0 Å². The minimum Gasteiger partial charge on any atom is -0.394 e. The molecule has 1 unspecified atom stereocenters. The van der Waals surface area contributed by atoms with Crippen LogP contribution in [0.25, 0.3) is 0 Å². The van der Waals surface area contributed by atoms with Crippen molar-refractivity contribution in [3.8, 4) is 0 Å². The number of fused-ring (bicyclic) bond motifs is 3. The summed E-state index contributed by atoms with van der Waals surface area (Å²) in [6.45, 7) is 7.63. The molecular formula is C21H32O7. The lowest BCUT2D eigenvalue weighted by atomic mass is 9.34. The summed E-state index contributed by atoms with van der Waals surface area (Å²) in [7, 11) is 0. The van der Waals surface area contributed by atoms with Gasteiger partial charge in [0.1, 0.15) is 24.4 Å². The van der Waals surface area contributed by atoms with Gasteiger partial charge >= 0.3 is 0 Å². The molecule has 5 aliphatic carbocycles. The van der Waals surface area contributed by atoms with Gasteiger partial charge in [-0.1, -0.05) is 12.5 Å². The number of ketones is 1. The third-order valence-corrected chi connectivity index (χ3v) is 7.98. The number of aliphatic hydroxyl groups is 4. The molecule has 0 amide bonds. The number of allylic oxidation sites excluding steroid dienone is 2. The Morgan fingerprint density at radius 3 is 2.50 bits per heavy atom. The molecule has 4 fully saturated rings. The first-order valence-corrected chi connectivity index (χ1v) is 10.2. The average Bonchev–Trinajstić information content (AvgIpc) is 2.61. The van der Waals surface area contributed by atoms with E-state index in [4.69, 9.17) is 9.47 Å². The standard InChI is InChI=1S/C21H32O7/c1-9-7-11(23)15-13-10(5-6-21(15,4)14(9)13)20(2,3)28-19-18(26)17(25)16(24)12(8-22)27-19/h7,10,12-19,22,24-26H,5-6,8H2,1-4H3/t10-,12+,13?,14+,15-,16+,17-,18+,19-,21-/m1/s1. The number of aliphatic hydroxyl groups excluding tert-OH is 4. The van der Waals surface area contributed by atoms with Crippen molar-refractivity contribution in [3.05, 3.63) is 11.6 Å². The zero-order valence-corrected chi connectivity index (χ0v) is 16.9. The Morgan fingerprint density at radius 2 is 1.89 bits per heavy atom. The molecule has 0 aromatic rings. The average molecular weight is 396 g/mol. The van der Waals surface area contributed by atoms with Gasteiger partial charge in [-0.2, -0.15) is 0 Å². The predicted octanol–water partition coefficient (Wildman–Crippen LogP) is 0.389. The molecule has 1 heterocycles. The molecule has 6 rings (SSSR count). The molecule has 1 aliphatic heterocycles. The van der Waals surface area contributed by atoms with Crippen LogP contribution in [0.15, 0.2) is 11.6 Å². The van der Waals surface area contributed by atoms with Crippen LogP contribution in [0.5, 0.6) is 0 Å². The van der Waals surface area contributed by atoms with Gasteiger partial charge in [0.25, 0.3) is 0 Å². The predicted molar refractivity (Wildman–Crippen MR) is 99.0 cm³/mol. The Labute approximate surface area is 165 Å². The first-order chi connectivity index (χ1) is 13.0. The minimum atomic E-state index is -1.46. The second-order valence-corrected chi connectivity index (χ2v) is 9.89. The Bertz CT molecular complexity index is 686. The van der Waals surface area contributed by atoms with Crippen LogP contribution in [0.3, 0.4) is 0 Å². The van der Waals surface area contributed by atoms with Crippen LogP contribution in [0.4, 0.5) is 0 Å². The van der Waals surface area contributed by atoms with Crippen molar-refractivity contribution in [1.29, 1.82) is 0 Å². The number of hydrogen-bond donors (Lipinski definition) is 4. The molecule has 0 aromatic carbocycles. The maximum atomic E-state index is 12.7. The third kappa shape index (κ3) is 2.67. The first kappa shape index (κ1) is 20.4. The number of rotatable bonds is 4. The van der Waals surface area contributed by atoms with Crippen LogP contribution >= 0.6 is 0 Å². The number of carbonyl (C=O) groups excluding carboxylic acids is 1. The normalized spacial score (nSPS) is 50.8. The molecule has 4 bridgehead atoms. The van der Waals surface area contributed by atoms with E-state index in [0.717, 1.165) is 18.4 Å². The van der Waals surface area contributed by atoms with E-state index in [9.17, 15) is 25.2 Å². The van der Waals surface area contributed by atoms with Gasteiger partial charge in [0.2, 0.25) is 0 Å². The molecule has 0 spiro atoms. The maximum Gasteiger partial charge on any atom is 0.187 e. The number of carbonyl (C=O) groups is 1. The molecule has 3 saturated carbocycles. The highest BCUT2D eigenvalue weighted by atomic mass is 16.7. The van der Waals surface area contributed by atoms with Crippen molar-refractivity contribution in [2.75, 3.05) is 6.61 Å². The Hall–Kier alpha value is -0.830. The van der Waals surface area contributed by atoms with E-state index >= 15 is 0 Å². The Morgan fingerprint density at radius 1 is 1.21 bits per heavy atom.